The fourth-order valence-corrected chi connectivity index (χ4v) is 1.92. The van der Waals surface area contributed by atoms with E-state index in [0.717, 1.165) is 12.1 Å². The van der Waals surface area contributed by atoms with Crippen molar-refractivity contribution >= 4 is 5.91 Å². The average Bonchev–Trinajstić information content (AvgIpc) is 2.92. The Labute approximate surface area is 113 Å². The van der Waals surface area contributed by atoms with Crippen molar-refractivity contribution in [1.29, 1.82) is 0 Å². The summed E-state index contributed by atoms with van der Waals surface area (Å²) in [5.74, 6) is 0.139. The molecule has 1 amide bonds. The Hall–Kier alpha value is -2.07. The van der Waals surface area contributed by atoms with Crippen LogP contribution >= 0.6 is 0 Å². The van der Waals surface area contributed by atoms with E-state index in [1.54, 1.807) is 12.1 Å². The van der Waals surface area contributed by atoms with Crippen LogP contribution in [0.4, 0.5) is 0 Å². The monoisotopic (exact) mass is 258 g/mol. The summed E-state index contributed by atoms with van der Waals surface area (Å²) in [4.78, 5) is 14.1. The average molecular weight is 258 g/mol. The second-order valence-corrected chi connectivity index (χ2v) is 4.68. The van der Waals surface area contributed by atoms with E-state index in [-0.39, 0.29) is 11.9 Å². The highest BCUT2D eigenvalue weighted by atomic mass is 16.3. The van der Waals surface area contributed by atoms with Gasteiger partial charge in [0.05, 0.1) is 12.3 Å². The summed E-state index contributed by atoms with van der Waals surface area (Å²) < 4.78 is 5.11. The van der Waals surface area contributed by atoms with Gasteiger partial charge in [0, 0.05) is 6.54 Å². The largest absolute Gasteiger partial charge is 0.459 e. The SMILES string of the molecule is CN(C)CC(NC(=O)c1ccco1)c1ccccc1. The van der Waals surface area contributed by atoms with Crippen LogP contribution in [0, 0.1) is 0 Å². The lowest BCUT2D eigenvalue weighted by atomic mass is 10.1. The first-order valence-corrected chi connectivity index (χ1v) is 6.21. The highest BCUT2D eigenvalue weighted by Gasteiger charge is 2.17. The summed E-state index contributed by atoms with van der Waals surface area (Å²) in [5.41, 5.74) is 1.08. The number of benzene rings is 1. The van der Waals surface area contributed by atoms with Gasteiger partial charge in [-0.1, -0.05) is 30.3 Å². The molecule has 0 radical (unpaired) electrons. The molecule has 1 unspecified atom stereocenters. The summed E-state index contributed by atoms with van der Waals surface area (Å²) >= 11 is 0. The van der Waals surface area contributed by atoms with Gasteiger partial charge in [0.1, 0.15) is 0 Å². The zero-order valence-corrected chi connectivity index (χ0v) is 11.2. The lowest BCUT2D eigenvalue weighted by molar-refractivity contribution is 0.0902. The number of hydrogen-bond acceptors (Lipinski definition) is 3. The number of carbonyl (C=O) groups is 1. The van der Waals surface area contributed by atoms with Crippen LogP contribution in [0.3, 0.4) is 0 Å². The van der Waals surface area contributed by atoms with Crippen molar-refractivity contribution in [3.8, 4) is 0 Å². The van der Waals surface area contributed by atoms with E-state index in [9.17, 15) is 4.79 Å². The Morgan fingerprint density at radius 2 is 1.95 bits per heavy atom. The predicted molar refractivity (Wildman–Crippen MR) is 73.9 cm³/mol. The van der Waals surface area contributed by atoms with Crippen molar-refractivity contribution in [1.82, 2.24) is 10.2 Å². The minimum atomic E-state index is -0.194. The number of carbonyl (C=O) groups excluding carboxylic acids is 1. The van der Waals surface area contributed by atoms with E-state index in [2.05, 4.69) is 5.32 Å². The third kappa shape index (κ3) is 3.69. The maximum Gasteiger partial charge on any atom is 0.287 e. The topological polar surface area (TPSA) is 45.5 Å². The molecule has 0 saturated carbocycles. The number of nitrogens with zero attached hydrogens (tertiary/aromatic N) is 1. The molecule has 2 aromatic rings. The molecule has 0 bridgehead atoms. The summed E-state index contributed by atoms with van der Waals surface area (Å²) in [7, 11) is 3.96. The molecule has 1 N–H and O–H groups in total. The third-order valence-corrected chi connectivity index (χ3v) is 2.80. The molecule has 1 aromatic heterocycles. The van der Waals surface area contributed by atoms with Crippen LogP contribution in [0.25, 0.3) is 0 Å². The molecule has 1 aromatic carbocycles. The molecule has 1 atom stereocenters. The summed E-state index contributed by atoms with van der Waals surface area (Å²) in [6, 6.07) is 13.2. The van der Waals surface area contributed by atoms with Gasteiger partial charge in [-0.25, -0.2) is 0 Å². The van der Waals surface area contributed by atoms with Crippen molar-refractivity contribution in [2.75, 3.05) is 20.6 Å². The van der Waals surface area contributed by atoms with E-state index in [4.69, 9.17) is 4.42 Å². The molecule has 100 valence electrons. The smallest absolute Gasteiger partial charge is 0.287 e. The van der Waals surface area contributed by atoms with Gasteiger partial charge in [-0.2, -0.15) is 0 Å². The molecule has 2 rings (SSSR count). The number of likely N-dealkylation sites (N-methyl/N-ethyl adjacent to an activating group) is 1. The van der Waals surface area contributed by atoms with Gasteiger partial charge in [-0.3, -0.25) is 4.79 Å². The Balaban J connectivity index is 2.13. The standard InChI is InChI=1S/C15H18N2O2/c1-17(2)11-13(12-7-4-3-5-8-12)16-15(18)14-9-6-10-19-14/h3-10,13H,11H2,1-2H3,(H,16,18). The highest BCUT2D eigenvalue weighted by molar-refractivity contribution is 5.91. The normalized spacial score (nSPS) is 12.4. The zero-order valence-electron chi connectivity index (χ0n) is 11.2. The minimum absolute atomic E-state index is 0.0613. The van der Waals surface area contributed by atoms with E-state index in [1.807, 2.05) is 49.3 Å². The van der Waals surface area contributed by atoms with Crippen LogP contribution in [-0.4, -0.2) is 31.4 Å². The number of furan rings is 1. The molecule has 0 saturated heterocycles. The highest BCUT2D eigenvalue weighted by Crippen LogP contribution is 2.14. The number of amides is 1. The van der Waals surface area contributed by atoms with E-state index >= 15 is 0 Å². The van der Waals surface area contributed by atoms with Crippen LogP contribution in [0.5, 0.6) is 0 Å². The van der Waals surface area contributed by atoms with Crippen LogP contribution in [0.15, 0.2) is 53.1 Å². The van der Waals surface area contributed by atoms with Crippen molar-refractivity contribution in [3.63, 3.8) is 0 Å². The van der Waals surface area contributed by atoms with Crippen LogP contribution < -0.4 is 5.32 Å². The van der Waals surface area contributed by atoms with Gasteiger partial charge in [-0.05, 0) is 31.8 Å². The van der Waals surface area contributed by atoms with Crippen LogP contribution in [-0.2, 0) is 0 Å². The zero-order chi connectivity index (χ0) is 13.7. The lowest BCUT2D eigenvalue weighted by Crippen LogP contribution is -2.35. The number of nitrogens with one attached hydrogen (secondary N) is 1. The van der Waals surface area contributed by atoms with Crippen molar-refractivity contribution in [3.05, 3.63) is 60.1 Å². The fraction of sp³-hybridized carbons (Fsp3) is 0.267. The second-order valence-electron chi connectivity index (χ2n) is 4.68. The van der Waals surface area contributed by atoms with Gasteiger partial charge in [0.2, 0.25) is 0 Å². The Bertz CT molecular complexity index is 506. The molecule has 1 heterocycles. The van der Waals surface area contributed by atoms with Crippen LogP contribution in [0.1, 0.15) is 22.2 Å². The number of rotatable bonds is 5. The minimum Gasteiger partial charge on any atom is -0.459 e. The van der Waals surface area contributed by atoms with E-state index in [1.165, 1.54) is 6.26 Å². The van der Waals surface area contributed by atoms with Crippen LogP contribution in [0.2, 0.25) is 0 Å². The van der Waals surface area contributed by atoms with Crippen molar-refractivity contribution in [2.24, 2.45) is 0 Å². The first kappa shape index (κ1) is 13.4. The van der Waals surface area contributed by atoms with Crippen molar-refractivity contribution in [2.45, 2.75) is 6.04 Å². The Kier molecular flexibility index (Phi) is 4.36. The first-order chi connectivity index (χ1) is 9.16. The van der Waals surface area contributed by atoms with Gasteiger partial charge in [0.25, 0.3) is 5.91 Å². The van der Waals surface area contributed by atoms with Gasteiger partial charge in [-0.15, -0.1) is 0 Å². The lowest BCUT2D eigenvalue weighted by Gasteiger charge is -2.22. The quantitative estimate of drug-likeness (QED) is 0.895. The Morgan fingerprint density at radius 1 is 1.21 bits per heavy atom. The molecule has 0 fully saturated rings. The van der Waals surface area contributed by atoms with E-state index < -0.39 is 0 Å². The molecular formula is C15H18N2O2. The first-order valence-electron chi connectivity index (χ1n) is 6.21. The molecule has 4 heteroatoms. The third-order valence-electron chi connectivity index (χ3n) is 2.80. The second kappa shape index (κ2) is 6.20. The Morgan fingerprint density at radius 3 is 2.53 bits per heavy atom. The van der Waals surface area contributed by atoms with Crippen molar-refractivity contribution < 1.29 is 9.21 Å². The molecular weight excluding hydrogens is 240 g/mol. The summed E-state index contributed by atoms with van der Waals surface area (Å²) in [5, 5.41) is 2.99. The molecule has 0 aliphatic carbocycles. The summed E-state index contributed by atoms with van der Waals surface area (Å²) in [6.45, 7) is 0.733. The summed E-state index contributed by atoms with van der Waals surface area (Å²) in [6.07, 6.45) is 1.50. The molecule has 0 spiro atoms. The molecule has 4 nitrogen and oxygen atoms in total. The fourth-order valence-electron chi connectivity index (χ4n) is 1.92. The van der Waals surface area contributed by atoms with Gasteiger partial charge >= 0.3 is 0 Å². The maximum absolute atomic E-state index is 12.0. The van der Waals surface area contributed by atoms with Gasteiger partial charge < -0.3 is 14.6 Å². The predicted octanol–water partition coefficient (Wildman–Crippen LogP) is 2.31. The number of hydrogen-bond donors (Lipinski definition) is 1. The van der Waals surface area contributed by atoms with Gasteiger partial charge in [0.15, 0.2) is 5.76 Å². The maximum atomic E-state index is 12.0. The molecule has 0 aliphatic heterocycles. The molecule has 0 aliphatic rings. The van der Waals surface area contributed by atoms with E-state index in [0.29, 0.717) is 5.76 Å². The molecule has 19 heavy (non-hydrogen) atoms.